The van der Waals surface area contributed by atoms with Gasteiger partial charge in [0.05, 0.1) is 0 Å². The normalized spacial score (nSPS) is 13.1. The maximum absolute atomic E-state index is 14.5. The molecule has 0 fully saturated rings. The Morgan fingerprint density at radius 2 is 1.73 bits per heavy atom. The lowest BCUT2D eigenvalue weighted by atomic mass is 9.91. The molecule has 218 valence electrons. The number of nitrogens with one attached hydrogen (secondary N) is 2. The van der Waals surface area contributed by atoms with Crippen LogP contribution in [0.1, 0.15) is 77.1 Å². The first-order chi connectivity index (χ1) is 18.8. The number of rotatable bonds is 13. The molecule has 7 nitrogen and oxygen atoms in total. The predicted octanol–water partition coefficient (Wildman–Crippen LogP) is 6.35. The Labute approximate surface area is 244 Å². The quantitative estimate of drug-likeness (QED) is 0.294. The fraction of sp³-hybridized carbons (Fsp3) is 0.469. The summed E-state index contributed by atoms with van der Waals surface area (Å²) in [5.41, 5.74) is 1.02. The van der Waals surface area contributed by atoms with Gasteiger partial charge in [-0.1, -0.05) is 68.1 Å². The van der Waals surface area contributed by atoms with Crippen LogP contribution < -0.4 is 10.6 Å². The molecule has 0 aromatic heterocycles. The van der Waals surface area contributed by atoms with Crippen LogP contribution in [0.3, 0.4) is 0 Å². The van der Waals surface area contributed by atoms with E-state index in [0.717, 1.165) is 11.1 Å². The van der Waals surface area contributed by atoms with Crippen LogP contribution in [0.2, 0.25) is 0 Å². The maximum atomic E-state index is 14.5. The first-order valence-corrected chi connectivity index (χ1v) is 15.1. The van der Waals surface area contributed by atoms with Crippen molar-refractivity contribution in [3.63, 3.8) is 0 Å². The summed E-state index contributed by atoms with van der Waals surface area (Å²) in [5, 5.41) is 5.84. The highest BCUT2D eigenvalue weighted by atomic mass is 32.2. The van der Waals surface area contributed by atoms with E-state index in [-0.39, 0.29) is 11.8 Å². The van der Waals surface area contributed by atoms with Gasteiger partial charge in [0, 0.05) is 12.1 Å². The fourth-order valence-corrected chi connectivity index (χ4v) is 4.68. The molecular weight excluding hydrogens is 522 g/mol. The van der Waals surface area contributed by atoms with Crippen LogP contribution in [-0.2, 0) is 20.9 Å². The lowest BCUT2D eigenvalue weighted by Crippen LogP contribution is -2.59. The summed E-state index contributed by atoms with van der Waals surface area (Å²) < 4.78 is 5.48. The van der Waals surface area contributed by atoms with Crippen molar-refractivity contribution < 1.29 is 19.1 Å². The van der Waals surface area contributed by atoms with E-state index in [1.165, 1.54) is 0 Å². The zero-order chi connectivity index (χ0) is 29.9. The second kappa shape index (κ2) is 14.9. The second-order valence-electron chi connectivity index (χ2n) is 11.3. The van der Waals surface area contributed by atoms with Gasteiger partial charge < -0.3 is 20.3 Å². The largest absolute Gasteiger partial charge is 0.444 e. The van der Waals surface area contributed by atoms with Gasteiger partial charge in [-0.15, -0.1) is 0 Å². The van der Waals surface area contributed by atoms with Crippen molar-refractivity contribution in [2.24, 2.45) is 0 Å². The van der Waals surface area contributed by atoms with Crippen molar-refractivity contribution in [1.82, 2.24) is 15.5 Å². The van der Waals surface area contributed by atoms with Gasteiger partial charge in [-0.05, 0) is 82.2 Å². The number of hydrogen-bond donors (Lipinski definition) is 2. The fourth-order valence-electron chi connectivity index (χ4n) is 4.21. The predicted molar refractivity (Wildman–Crippen MR) is 165 cm³/mol. The summed E-state index contributed by atoms with van der Waals surface area (Å²) in [7, 11) is 0. The maximum Gasteiger partial charge on any atom is 0.408 e. The summed E-state index contributed by atoms with van der Waals surface area (Å²) in [6.07, 6.45) is 3.97. The van der Waals surface area contributed by atoms with Gasteiger partial charge in [0.1, 0.15) is 17.7 Å². The number of carbonyl (C=O) groups excluding carboxylic acids is 3. The lowest BCUT2D eigenvalue weighted by molar-refractivity contribution is -0.149. The van der Waals surface area contributed by atoms with E-state index in [4.69, 9.17) is 4.74 Å². The minimum Gasteiger partial charge on any atom is -0.444 e. The summed E-state index contributed by atoms with van der Waals surface area (Å²) in [5.74, 6) is 0.000105. The molecule has 0 heterocycles. The van der Waals surface area contributed by atoms with Crippen molar-refractivity contribution >= 4 is 35.7 Å². The number of alkyl carbamates (subject to hydrolysis) is 1. The van der Waals surface area contributed by atoms with Gasteiger partial charge in [-0.3, -0.25) is 9.59 Å². The number of thioether (sulfide) groups is 1. The van der Waals surface area contributed by atoms with Gasteiger partial charge in [0.25, 0.3) is 0 Å². The summed E-state index contributed by atoms with van der Waals surface area (Å²) >= 11 is 1.58. The number of ether oxygens (including phenoxy) is 1. The van der Waals surface area contributed by atoms with E-state index < -0.39 is 29.3 Å². The molecule has 0 aliphatic carbocycles. The Balaban J connectivity index is 2.58. The topological polar surface area (TPSA) is 87.7 Å². The molecule has 0 saturated heterocycles. The Hall–Kier alpha value is -3.26. The second-order valence-corrected chi connectivity index (χ2v) is 12.3. The summed E-state index contributed by atoms with van der Waals surface area (Å²) in [6.45, 7) is 15.4. The third-order valence-electron chi connectivity index (χ3n) is 6.63. The smallest absolute Gasteiger partial charge is 0.408 e. The Bertz CT molecular complexity index is 1140. The van der Waals surface area contributed by atoms with Crippen LogP contribution in [0, 0.1) is 0 Å². The van der Waals surface area contributed by atoms with Gasteiger partial charge >= 0.3 is 6.09 Å². The van der Waals surface area contributed by atoms with Gasteiger partial charge in [-0.2, -0.15) is 11.8 Å². The molecule has 0 aliphatic heterocycles. The van der Waals surface area contributed by atoms with E-state index >= 15 is 0 Å². The third-order valence-corrected chi connectivity index (χ3v) is 7.28. The van der Waals surface area contributed by atoms with Crippen molar-refractivity contribution in [3.05, 3.63) is 77.9 Å². The minimum absolute atomic E-state index is 0.305. The molecule has 8 heteroatoms. The molecule has 0 aliphatic rings. The van der Waals surface area contributed by atoms with Crippen LogP contribution in [0.4, 0.5) is 4.79 Å². The molecule has 40 heavy (non-hydrogen) atoms. The third kappa shape index (κ3) is 9.73. The highest BCUT2D eigenvalue weighted by Gasteiger charge is 2.43. The number of hydrogen-bond acceptors (Lipinski definition) is 5. The summed E-state index contributed by atoms with van der Waals surface area (Å²) in [4.78, 5) is 42.9. The molecule has 2 unspecified atom stereocenters. The molecule has 2 rings (SSSR count). The Kier molecular flexibility index (Phi) is 12.3. The Morgan fingerprint density at radius 1 is 1.05 bits per heavy atom. The molecular formula is C32H45N3O4S. The lowest BCUT2D eigenvalue weighted by Gasteiger charge is -2.44. The van der Waals surface area contributed by atoms with Gasteiger partial charge in [0.15, 0.2) is 0 Å². The first kappa shape index (κ1) is 32.9. The van der Waals surface area contributed by atoms with Crippen molar-refractivity contribution in [3.8, 4) is 0 Å². The average Bonchev–Trinajstić information content (AvgIpc) is 2.91. The van der Waals surface area contributed by atoms with Crippen molar-refractivity contribution in [1.29, 1.82) is 0 Å². The molecule has 2 atom stereocenters. The zero-order valence-electron chi connectivity index (χ0n) is 25.0. The Morgan fingerprint density at radius 3 is 2.30 bits per heavy atom. The first-order valence-electron chi connectivity index (χ1n) is 13.7. The van der Waals surface area contributed by atoms with Crippen LogP contribution >= 0.6 is 11.8 Å². The number of benzene rings is 2. The molecule has 0 spiro atoms. The van der Waals surface area contributed by atoms with E-state index in [1.807, 2.05) is 81.6 Å². The monoisotopic (exact) mass is 567 g/mol. The van der Waals surface area contributed by atoms with E-state index in [2.05, 4.69) is 17.2 Å². The molecule has 0 saturated carbocycles. The van der Waals surface area contributed by atoms with Gasteiger partial charge in [0.2, 0.25) is 11.8 Å². The van der Waals surface area contributed by atoms with E-state index in [0.29, 0.717) is 30.7 Å². The van der Waals surface area contributed by atoms with Crippen LogP contribution in [-0.4, -0.2) is 52.0 Å². The summed E-state index contributed by atoms with van der Waals surface area (Å²) in [6, 6.07) is 15.3. The molecule has 2 aromatic rings. The molecule has 0 bridgehead atoms. The average molecular weight is 568 g/mol. The highest BCUT2D eigenvalue weighted by Crippen LogP contribution is 2.33. The standard InChI is InChI=1S/C32H45N3O4S/c1-9-23-17-14-18-25(21-23)27(28(36)33-22-24-15-12-11-13-16-24)35(32(6,7)10-2)29(37)26(19-20-40-8)34-30(38)39-31(3,4)5/h9,11-18,21,26-27H,1,10,19-20,22H2,2-8H3,(H,33,36)(H,34,38). The molecule has 3 amide bonds. The molecule has 2 aromatic carbocycles. The highest BCUT2D eigenvalue weighted by molar-refractivity contribution is 7.98. The van der Waals surface area contributed by atoms with Crippen LogP contribution in [0.5, 0.6) is 0 Å². The minimum atomic E-state index is -0.941. The number of amides is 3. The van der Waals surface area contributed by atoms with Crippen LogP contribution in [0.15, 0.2) is 61.2 Å². The molecule has 2 N–H and O–H groups in total. The van der Waals surface area contributed by atoms with Crippen molar-refractivity contribution in [2.75, 3.05) is 12.0 Å². The number of nitrogens with zero attached hydrogens (tertiary/aromatic N) is 1. The van der Waals surface area contributed by atoms with E-state index in [1.54, 1.807) is 43.5 Å². The van der Waals surface area contributed by atoms with Crippen LogP contribution in [0.25, 0.3) is 6.08 Å². The number of carbonyl (C=O) groups is 3. The zero-order valence-corrected chi connectivity index (χ0v) is 25.8. The van der Waals surface area contributed by atoms with Gasteiger partial charge in [-0.25, -0.2) is 4.79 Å². The van der Waals surface area contributed by atoms with E-state index in [9.17, 15) is 14.4 Å². The van der Waals surface area contributed by atoms with Crippen molar-refractivity contribution in [2.45, 2.75) is 84.2 Å². The SMILES string of the molecule is C=Cc1cccc(C(C(=O)NCc2ccccc2)N(C(=O)C(CCSC)NC(=O)OC(C)(C)C)C(C)(C)CC)c1. The molecule has 0 radical (unpaired) electrons.